The summed E-state index contributed by atoms with van der Waals surface area (Å²) in [6.45, 7) is 6.69. The van der Waals surface area contributed by atoms with Crippen molar-refractivity contribution in [3.8, 4) is 0 Å². The molecule has 0 spiro atoms. The first-order valence-corrected chi connectivity index (χ1v) is 35.5. The van der Waals surface area contributed by atoms with E-state index in [0.29, 0.717) is 19.3 Å². The van der Waals surface area contributed by atoms with Crippen molar-refractivity contribution in [3.63, 3.8) is 0 Å². The summed E-state index contributed by atoms with van der Waals surface area (Å²) in [6.07, 6.45) is 84.6. The van der Waals surface area contributed by atoms with Gasteiger partial charge in [0.2, 0.25) is 0 Å². The number of allylic oxidation sites excluding steroid dienone is 6. The molecule has 6 heteroatoms. The van der Waals surface area contributed by atoms with Gasteiger partial charge in [-0.3, -0.25) is 14.4 Å². The van der Waals surface area contributed by atoms with Gasteiger partial charge in [0, 0.05) is 19.3 Å². The van der Waals surface area contributed by atoms with Gasteiger partial charge in [0.15, 0.2) is 6.10 Å². The van der Waals surface area contributed by atoms with Gasteiger partial charge in [-0.25, -0.2) is 0 Å². The van der Waals surface area contributed by atoms with Gasteiger partial charge >= 0.3 is 17.9 Å². The van der Waals surface area contributed by atoms with Crippen LogP contribution in [0.1, 0.15) is 393 Å². The molecule has 0 rings (SSSR count). The van der Waals surface area contributed by atoms with Crippen molar-refractivity contribution >= 4 is 17.9 Å². The fourth-order valence-corrected chi connectivity index (χ4v) is 10.7. The number of carbonyl (C=O) groups is 3. The quantitative estimate of drug-likeness (QED) is 0.0261. The summed E-state index contributed by atoms with van der Waals surface area (Å²) >= 11 is 0. The van der Waals surface area contributed by atoms with Gasteiger partial charge in [-0.1, -0.05) is 314 Å². The SMILES string of the molecule is CCCCCCCC/C=C\CCCCCCCCCC(=O)OC(COC(=O)CCCCCCC/C=C\CCCCCCCC)COC(=O)CCCCCCCCCCCCCCCCCCC/C=C\CCCCCCCCCC. The van der Waals surface area contributed by atoms with Crippen LogP contribution in [-0.2, 0) is 28.6 Å². The van der Waals surface area contributed by atoms with Crippen LogP contribution >= 0.6 is 0 Å². The Balaban J connectivity index is 4.20. The third-order valence-electron chi connectivity index (χ3n) is 16.1. The second-order valence-electron chi connectivity index (χ2n) is 24.1. The van der Waals surface area contributed by atoms with Crippen LogP contribution in [0.4, 0.5) is 0 Å². The van der Waals surface area contributed by atoms with E-state index in [0.717, 1.165) is 64.2 Å². The first-order chi connectivity index (χ1) is 39.0. The molecule has 464 valence electrons. The molecular formula is C73H136O6. The smallest absolute Gasteiger partial charge is 0.306 e. The molecule has 0 heterocycles. The summed E-state index contributed by atoms with van der Waals surface area (Å²) in [5, 5.41) is 0. The molecule has 0 fully saturated rings. The molecule has 0 bridgehead atoms. The van der Waals surface area contributed by atoms with E-state index in [-0.39, 0.29) is 31.1 Å². The Hall–Kier alpha value is -2.37. The number of carbonyl (C=O) groups excluding carboxylic acids is 3. The fraction of sp³-hybridized carbons (Fsp3) is 0.877. The highest BCUT2D eigenvalue weighted by atomic mass is 16.6. The first kappa shape index (κ1) is 76.6. The molecule has 0 aliphatic carbocycles. The summed E-state index contributed by atoms with van der Waals surface area (Å²) in [5.74, 6) is -0.859. The standard InChI is InChI=1S/C73H136O6/c1-4-7-10-13-16-19-22-25-28-30-31-32-33-34-35-36-37-38-39-40-41-43-45-48-51-54-57-60-63-66-72(75)78-69-70(68-77-71(74)65-62-59-56-53-50-47-44-27-24-21-18-15-12-9-6-3)79-73(76)67-64-61-58-55-52-49-46-42-29-26-23-20-17-14-11-8-5-2/h26-27,29-31,44,70H,4-25,28,32-43,45-69H2,1-3H3/b29-26-,31-30-,44-27-. The Morgan fingerprint density at radius 3 is 0.633 bits per heavy atom. The minimum absolute atomic E-state index is 0.0722. The number of hydrogen-bond acceptors (Lipinski definition) is 6. The predicted molar refractivity (Wildman–Crippen MR) is 344 cm³/mol. The monoisotopic (exact) mass is 1110 g/mol. The molecule has 0 aliphatic heterocycles. The summed E-state index contributed by atoms with van der Waals surface area (Å²) in [4.78, 5) is 38.4. The van der Waals surface area contributed by atoms with Crippen LogP contribution in [0.15, 0.2) is 36.5 Å². The van der Waals surface area contributed by atoms with E-state index in [1.807, 2.05) is 0 Å². The summed E-state index contributed by atoms with van der Waals surface area (Å²) < 4.78 is 17.0. The topological polar surface area (TPSA) is 78.9 Å². The predicted octanol–water partition coefficient (Wildman–Crippen LogP) is 24.3. The molecule has 0 N–H and O–H groups in total. The Labute approximate surface area is 493 Å². The lowest BCUT2D eigenvalue weighted by Crippen LogP contribution is -2.30. The lowest BCUT2D eigenvalue weighted by atomic mass is 10.0. The van der Waals surface area contributed by atoms with E-state index < -0.39 is 6.10 Å². The summed E-state index contributed by atoms with van der Waals surface area (Å²) in [7, 11) is 0. The van der Waals surface area contributed by atoms with Crippen molar-refractivity contribution in [2.45, 2.75) is 399 Å². The zero-order valence-corrected chi connectivity index (χ0v) is 53.4. The molecule has 0 radical (unpaired) electrons. The molecule has 0 amide bonds. The van der Waals surface area contributed by atoms with E-state index in [9.17, 15) is 14.4 Å². The van der Waals surface area contributed by atoms with E-state index >= 15 is 0 Å². The van der Waals surface area contributed by atoms with Gasteiger partial charge in [0.05, 0.1) is 0 Å². The molecule has 6 nitrogen and oxygen atoms in total. The molecule has 0 aromatic carbocycles. The molecule has 0 aliphatic rings. The highest BCUT2D eigenvalue weighted by molar-refractivity contribution is 5.71. The van der Waals surface area contributed by atoms with Crippen molar-refractivity contribution in [3.05, 3.63) is 36.5 Å². The number of unbranched alkanes of at least 4 members (excludes halogenated alkanes) is 49. The number of rotatable bonds is 66. The number of ether oxygens (including phenoxy) is 3. The fourth-order valence-electron chi connectivity index (χ4n) is 10.7. The Morgan fingerprint density at radius 2 is 0.418 bits per heavy atom. The number of hydrogen-bond donors (Lipinski definition) is 0. The Bertz CT molecular complexity index is 1320. The van der Waals surface area contributed by atoms with E-state index in [4.69, 9.17) is 14.2 Å². The minimum atomic E-state index is -0.777. The molecule has 0 saturated heterocycles. The molecule has 79 heavy (non-hydrogen) atoms. The van der Waals surface area contributed by atoms with Crippen LogP contribution in [0.5, 0.6) is 0 Å². The van der Waals surface area contributed by atoms with Crippen LogP contribution in [-0.4, -0.2) is 37.2 Å². The molecule has 0 aromatic heterocycles. The molecule has 0 saturated carbocycles. The van der Waals surface area contributed by atoms with Crippen LogP contribution in [0, 0.1) is 0 Å². The van der Waals surface area contributed by atoms with Gasteiger partial charge in [-0.2, -0.15) is 0 Å². The molecule has 0 aromatic rings. The van der Waals surface area contributed by atoms with Crippen molar-refractivity contribution in [1.29, 1.82) is 0 Å². The van der Waals surface area contributed by atoms with Crippen molar-refractivity contribution < 1.29 is 28.6 Å². The third-order valence-corrected chi connectivity index (χ3v) is 16.1. The van der Waals surface area contributed by atoms with Gasteiger partial charge in [0.25, 0.3) is 0 Å². The average molecular weight is 1110 g/mol. The zero-order chi connectivity index (χ0) is 57.1. The normalized spacial score (nSPS) is 12.2. The maximum atomic E-state index is 12.9. The second kappa shape index (κ2) is 68.1. The van der Waals surface area contributed by atoms with E-state index in [1.54, 1.807) is 0 Å². The van der Waals surface area contributed by atoms with Gasteiger partial charge in [0.1, 0.15) is 13.2 Å². The first-order valence-electron chi connectivity index (χ1n) is 35.5. The second-order valence-corrected chi connectivity index (χ2v) is 24.1. The van der Waals surface area contributed by atoms with Crippen molar-refractivity contribution in [1.82, 2.24) is 0 Å². The summed E-state index contributed by atoms with van der Waals surface area (Å²) in [6, 6.07) is 0. The van der Waals surface area contributed by atoms with Gasteiger partial charge in [-0.15, -0.1) is 0 Å². The minimum Gasteiger partial charge on any atom is -0.462 e. The van der Waals surface area contributed by atoms with Crippen LogP contribution in [0.3, 0.4) is 0 Å². The largest absolute Gasteiger partial charge is 0.462 e. The molecular weight excluding hydrogens is 973 g/mol. The molecule has 1 unspecified atom stereocenters. The lowest BCUT2D eigenvalue weighted by Gasteiger charge is -2.18. The van der Waals surface area contributed by atoms with Gasteiger partial charge < -0.3 is 14.2 Å². The van der Waals surface area contributed by atoms with E-state index in [2.05, 4.69) is 57.2 Å². The maximum Gasteiger partial charge on any atom is 0.306 e. The lowest BCUT2D eigenvalue weighted by molar-refractivity contribution is -0.167. The summed E-state index contributed by atoms with van der Waals surface area (Å²) in [5.41, 5.74) is 0. The Morgan fingerprint density at radius 1 is 0.241 bits per heavy atom. The average Bonchev–Trinajstić information content (AvgIpc) is 3.45. The third kappa shape index (κ3) is 66.3. The highest BCUT2D eigenvalue weighted by Gasteiger charge is 2.19. The van der Waals surface area contributed by atoms with Gasteiger partial charge in [-0.05, 0) is 96.3 Å². The highest BCUT2D eigenvalue weighted by Crippen LogP contribution is 2.18. The van der Waals surface area contributed by atoms with Crippen molar-refractivity contribution in [2.75, 3.05) is 13.2 Å². The number of esters is 3. The Kier molecular flexibility index (Phi) is 66.1. The maximum absolute atomic E-state index is 12.9. The van der Waals surface area contributed by atoms with Crippen molar-refractivity contribution in [2.24, 2.45) is 0 Å². The van der Waals surface area contributed by atoms with Crippen LogP contribution in [0.25, 0.3) is 0 Å². The van der Waals surface area contributed by atoms with Crippen LogP contribution in [0.2, 0.25) is 0 Å². The molecule has 1 atom stereocenters. The van der Waals surface area contributed by atoms with E-state index in [1.165, 1.54) is 289 Å². The zero-order valence-electron chi connectivity index (χ0n) is 53.4. The van der Waals surface area contributed by atoms with Crippen LogP contribution < -0.4 is 0 Å².